The van der Waals surface area contributed by atoms with Crippen molar-refractivity contribution in [2.75, 3.05) is 5.73 Å². The zero-order valence-corrected chi connectivity index (χ0v) is 13.9. The van der Waals surface area contributed by atoms with Gasteiger partial charge in [-0.1, -0.05) is 18.2 Å². The number of halogens is 1. The Morgan fingerprint density at radius 3 is 2.29 bits per heavy atom. The minimum Gasteiger partial charge on any atom is -0.457 e. The Hall–Kier alpha value is -2.23. The van der Waals surface area contributed by atoms with Crippen molar-refractivity contribution in [1.29, 1.82) is 0 Å². The van der Waals surface area contributed by atoms with Crippen LogP contribution in [0.3, 0.4) is 0 Å². The van der Waals surface area contributed by atoms with E-state index in [2.05, 4.69) is 0 Å². The van der Waals surface area contributed by atoms with E-state index in [-0.39, 0.29) is 12.6 Å². The summed E-state index contributed by atoms with van der Waals surface area (Å²) >= 11 is 0. The molecule has 0 aliphatic carbocycles. The molecule has 0 saturated heterocycles. The maximum Gasteiger partial charge on any atom is 0.338 e. The average Bonchev–Trinajstić information content (AvgIpc) is 2.48. The van der Waals surface area contributed by atoms with Gasteiger partial charge in [-0.15, -0.1) is 10.2 Å². The molecule has 130 valence electrons. The van der Waals surface area contributed by atoms with Gasteiger partial charge in [0.2, 0.25) is 0 Å². The molecule has 0 fully saturated rings. The molecule has 0 spiro atoms. The van der Waals surface area contributed by atoms with Crippen molar-refractivity contribution in [3.05, 3.63) is 59.4 Å². The molecule has 1 aromatic carbocycles. The largest absolute Gasteiger partial charge is 0.457 e. The minimum atomic E-state index is -4.94. The lowest BCUT2D eigenvalue weighted by Crippen LogP contribution is -2.68. The Kier molecular flexibility index (Phi) is 7.08. The number of nitrogens with two attached hydrogens (primary N) is 1. The molecule has 2 rings (SSSR count). The third-order valence-electron chi connectivity index (χ3n) is 3.01. The highest BCUT2D eigenvalue weighted by atomic mass is 35.7. The zero-order chi connectivity index (χ0) is 18.3. The van der Waals surface area contributed by atoms with Crippen molar-refractivity contribution in [3.63, 3.8) is 0 Å². The molecule has 0 aliphatic rings. The predicted octanol–water partition coefficient (Wildman–Crippen LogP) is -3.00. The van der Waals surface area contributed by atoms with Crippen LogP contribution >= 0.6 is 0 Å². The van der Waals surface area contributed by atoms with Gasteiger partial charge in [-0.25, -0.2) is 28.0 Å². The molecule has 0 bridgehead atoms. The first-order valence-corrected chi connectivity index (χ1v) is 7.90. The number of hydrogen-bond donors (Lipinski definition) is 1. The molecule has 0 saturated carbocycles. The quantitative estimate of drug-likeness (QED) is 0.455. The number of carbonyl (C=O) groups is 1. The first-order valence-electron chi connectivity index (χ1n) is 6.66. The Morgan fingerprint density at radius 2 is 1.75 bits per heavy atom. The number of esters is 1. The molecule has 0 radical (unpaired) electrons. The molecule has 0 aliphatic heterocycles. The van der Waals surface area contributed by atoms with Gasteiger partial charge in [0.15, 0.2) is 11.9 Å². The Balaban J connectivity index is 0.000000505. The van der Waals surface area contributed by atoms with Gasteiger partial charge in [0, 0.05) is 13.0 Å². The number of pyridine rings is 1. The van der Waals surface area contributed by atoms with E-state index in [9.17, 15) is 4.79 Å². The van der Waals surface area contributed by atoms with Crippen molar-refractivity contribution in [2.24, 2.45) is 7.05 Å². The number of hydrogen-bond acceptors (Lipinski definition) is 7. The smallest absolute Gasteiger partial charge is 0.338 e. The molecule has 1 aromatic heterocycles. The maximum absolute atomic E-state index is 11.8. The number of rotatable bonds is 3. The highest BCUT2D eigenvalue weighted by molar-refractivity contribution is 5.89. The van der Waals surface area contributed by atoms with Gasteiger partial charge in [-0.05, 0) is 12.1 Å². The highest BCUT2D eigenvalue weighted by Gasteiger charge is 2.12. The average molecular weight is 357 g/mol. The summed E-state index contributed by atoms with van der Waals surface area (Å²) in [7, 11) is -3.02. The molecule has 24 heavy (non-hydrogen) atoms. The SMILES string of the molecule is Cc1cc(N)c(COC(=O)c2ccccc2)c[n+]1C.[O-][Cl+3]([O-])([O-])[O-]. The van der Waals surface area contributed by atoms with E-state index in [1.807, 2.05) is 36.9 Å². The van der Waals surface area contributed by atoms with Crippen molar-refractivity contribution in [2.45, 2.75) is 13.5 Å². The molecular formula is C15H17ClN2O6. The summed E-state index contributed by atoms with van der Waals surface area (Å²) in [5.74, 6) is -0.344. The number of aromatic nitrogens is 1. The summed E-state index contributed by atoms with van der Waals surface area (Å²) in [6, 6.07) is 10.8. The maximum atomic E-state index is 11.8. The lowest BCUT2D eigenvalue weighted by Gasteiger charge is -2.17. The van der Waals surface area contributed by atoms with Crippen LogP contribution in [0.4, 0.5) is 5.69 Å². The van der Waals surface area contributed by atoms with Crippen molar-refractivity contribution >= 4 is 11.7 Å². The van der Waals surface area contributed by atoms with Crippen LogP contribution in [-0.4, -0.2) is 5.97 Å². The van der Waals surface area contributed by atoms with E-state index in [1.54, 1.807) is 24.3 Å². The molecule has 0 amide bonds. The van der Waals surface area contributed by atoms with Gasteiger partial charge < -0.3 is 10.5 Å². The van der Waals surface area contributed by atoms with E-state index >= 15 is 0 Å². The van der Waals surface area contributed by atoms with Crippen LogP contribution < -0.4 is 28.9 Å². The summed E-state index contributed by atoms with van der Waals surface area (Å²) in [5, 5.41) is 0. The summed E-state index contributed by atoms with van der Waals surface area (Å²) in [6.07, 6.45) is 1.88. The highest BCUT2D eigenvalue weighted by Crippen LogP contribution is 2.12. The van der Waals surface area contributed by atoms with Gasteiger partial charge in [0.1, 0.15) is 13.7 Å². The lowest BCUT2D eigenvalue weighted by molar-refractivity contribution is -2.00. The van der Waals surface area contributed by atoms with E-state index in [0.29, 0.717) is 11.3 Å². The second-order valence-electron chi connectivity index (χ2n) is 4.83. The van der Waals surface area contributed by atoms with Gasteiger partial charge in [0.25, 0.3) is 0 Å². The predicted molar refractivity (Wildman–Crippen MR) is 72.3 cm³/mol. The van der Waals surface area contributed by atoms with Crippen LogP contribution in [0.15, 0.2) is 42.6 Å². The fraction of sp³-hybridized carbons (Fsp3) is 0.200. The van der Waals surface area contributed by atoms with E-state index in [0.717, 1.165) is 11.3 Å². The number of carbonyl (C=O) groups excluding carboxylic acids is 1. The van der Waals surface area contributed by atoms with E-state index < -0.39 is 10.2 Å². The summed E-state index contributed by atoms with van der Waals surface area (Å²) < 4.78 is 41.2. The van der Waals surface area contributed by atoms with Crippen molar-refractivity contribution in [1.82, 2.24) is 0 Å². The standard InChI is InChI=1S/C15H16N2O2.ClHO4/c1-11-8-14(16)13(9-17(11)2)10-19-15(18)12-6-4-3-5-7-12;2-1(3,4)5/h3-9,16H,10H2,1-2H3;(H,2,3,4,5). The van der Waals surface area contributed by atoms with Gasteiger partial charge >= 0.3 is 5.97 Å². The molecule has 0 unspecified atom stereocenters. The van der Waals surface area contributed by atoms with Crippen LogP contribution in [0.5, 0.6) is 0 Å². The molecule has 2 aromatic rings. The van der Waals surface area contributed by atoms with Gasteiger partial charge in [0.05, 0.1) is 16.8 Å². The second kappa shape index (κ2) is 8.57. The Bertz CT molecular complexity index is 682. The van der Waals surface area contributed by atoms with Crippen molar-refractivity contribution in [3.8, 4) is 0 Å². The number of nitrogen functional groups attached to an aromatic ring is 1. The topological polar surface area (TPSA) is 148 Å². The molecular weight excluding hydrogens is 340 g/mol. The Morgan fingerprint density at radius 1 is 1.21 bits per heavy atom. The number of aryl methyl sites for hydroxylation is 2. The van der Waals surface area contributed by atoms with Crippen LogP contribution in [0.25, 0.3) is 0 Å². The minimum absolute atomic E-state index is 0.174. The number of anilines is 1. The number of benzene rings is 1. The Labute approximate surface area is 141 Å². The lowest BCUT2D eigenvalue weighted by atomic mass is 10.2. The van der Waals surface area contributed by atoms with Crippen LogP contribution in [-0.2, 0) is 18.4 Å². The van der Waals surface area contributed by atoms with Crippen LogP contribution in [0.2, 0.25) is 0 Å². The fourth-order valence-electron chi connectivity index (χ4n) is 1.75. The fourth-order valence-corrected chi connectivity index (χ4v) is 1.75. The van der Waals surface area contributed by atoms with E-state index in [1.165, 1.54) is 0 Å². The zero-order valence-electron chi connectivity index (χ0n) is 13.1. The molecule has 8 nitrogen and oxygen atoms in total. The molecule has 1 heterocycles. The third-order valence-corrected chi connectivity index (χ3v) is 3.01. The molecule has 0 atom stereocenters. The third kappa shape index (κ3) is 7.36. The molecule has 9 heteroatoms. The van der Waals surface area contributed by atoms with Gasteiger partial charge in [-0.3, -0.25) is 0 Å². The van der Waals surface area contributed by atoms with E-state index in [4.69, 9.17) is 29.1 Å². The van der Waals surface area contributed by atoms with Crippen molar-refractivity contribution < 1.29 is 43.0 Å². The van der Waals surface area contributed by atoms with Crippen LogP contribution in [0, 0.1) is 17.2 Å². The monoisotopic (exact) mass is 356 g/mol. The normalized spacial score (nSPS) is 10.6. The van der Waals surface area contributed by atoms with Gasteiger partial charge in [-0.2, -0.15) is 0 Å². The summed E-state index contributed by atoms with van der Waals surface area (Å²) in [6.45, 7) is 2.14. The molecule has 2 N–H and O–H groups in total. The first kappa shape index (κ1) is 19.8. The number of nitrogens with zero attached hydrogens (tertiary/aromatic N) is 1. The number of ether oxygens (including phenoxy) is 1. The summed E-state index contributed by atoms with van der Waals surface area (Å²) in [5.41, 5.74) is 8.94. The van der Waals surface area contributed by atoms with Crippen LogP contribution in [0.1, 0.15) is 21.6 Å². The first-order chi connectivity index (χ1) is 11.1. The second-order valence-corrected chi connectivity index (χ2v) is 5.58. The summed E-state index contributed by atoms with van der Waals surface area (Å²) in [4.78, 5) is 11.8.